The van der Waals surface area contributed by atoms with Gasteiger partial charge in [0.2, 0.25) is 0 Å². The van der Waals surface area contributed by atoms with Gasteiger partial charge >= 0.3 is 192 Å². The molecule has 0 unspecified atom stereocenters. The summed E-state index contributed by atoms with van der Waals surface area (Å²) in [5.41, 5.74) is 4.90. The monoisotopic (exact) mass is 454 g/mol. The Bertz CT molecular complexity index is 1240. The predicted octanol–water partition coefficient (Wildman–Crippen LogP) is 3.02. The van der Waals surface area contributed by atoms with Crippen LogP contribution in [0.15, 0.2) is 47.3 Å². The molecule has 2 heterocycles. The molecule has 1 atom stereocenters. The standard InChI is InChI=1S/C25H29N3O2.V/c1-18-5-4-8-24-23(18)17-27(25(30)28(24)13-19-9-10-19)16-22(29)15-26-12-11-20-6-2-3-7-21(20)14-26;/h2-8,19,22,29H,9-16H2,1H3;/t22-;/m1./s1. The third kappa shape index (κ3) is 4.25. The number of hydrogen-bond acceptors (Lipinski definition) is 3. The Labute approximate surface area is 191 Å². The Morgan fingerprint density at radius 3 is 2.61 bits per heavy atom. The molecule has 1 N–H and O–H groups in total. The second kappa shape index (κ2) is 8.55. The van der Waals surface area contributed by atoms with Gasteiger partial charge in [-0.1, -0.05) is 0 Å². The van der Waals surface area contributed by atoms with Gasteiger partial charge in [-0.2, -0.15) is 0 Å². The molecule has 31 heavy (non-hydrogen) atoms. The molecule has 1 aromatic heterocycles. The first-order valence-corrected chi connectivity index (χ1v) is 11.9. The van der Waals surface area contributed by atoms with Crippen LogP contribution in [0.25, 0.3) is 10.9 Å². The van der Waals surface area contributed by atoms with Crippen molar-refractivity contribution in [2.24, 2.45) is 5.92 Å². The molecule has 1 fully saturated rings. The van der Waals surface area contributed by atoms with Gasteiger partial charge in [0.25, 0.3) is 0 Å². The van der Waals surface area contributed by atoms with Crippen molar-refractivity contribution in [3.63, 3.8) is 0 Å². The average Bonchev–Trinajstić information content (AvgIpc) is 3.58. The van der Waals surface area contributed by atoms with E-state index in [1.807, 2.05) is 10.6 Å². The van der Waals surface area contributed by atoms with Gasteiger partial charge in [0, 0.05) is 0 Å². The number of aliphatic hydroxyl groups is 1. The Morgan fingerprint density at radius 2 is 1.84 bits per heavy atom. The summed E-state index contributed by atoms with van der Waals surface area (Å²) in [5.74, 6) is 0.602. The Kier molecular flexibility index (Phi) is 5.78. The molecule has 161 valence electrons. The van der Waals surface area contributed by atoms with Gasteiger partial charge in [-0.15, -0.1) is 0 Å². The minimum atomic E-state index is -0.596. The predicted molar refractivity (Wildman–Crippen MR) is 118 cm³/mol. The molecular formula is C25H29N3O2V. The molecule has 5 rings (SSSR count). The van der Waals surface area contributed by atoms with E-state index < -0.39 is 6.10 Å². The van der Waals surface area contributed by atoms with Crippen molar-refractivity contribution in [2.75, 3.05) is 13.1 Å². The fraction of sp³-hybridized carbons (Fsp3) is 0.440. The molecule has 2 aliphatic rings. The van der Waals surface area contributed by atoms with Gasteiger partial charge in [0.05, 0.1) is 0 Å². The normalized spacial score (nSPS) is 17.6. The van der Waals surface area contributed by atoms with Crippen LogP contribution in [-0.2, 0) is 43.0 Å². The fourth-order valence-electron chi connectivity index (χ4n) is 4.82. The third-order valence-corrected chi connectivity index (χ3v) is 7.42. The molecule has 3 aromatic rings. The van der Waals surface area contributed by atoms with E-state index in [-0.39, 0.29) is 5.69 Å². The molecular weight excluding hydrogens is 425 g/mol. The second-order valence-corrected chi connectivity index (χ2v) is 9.81. The fourth-order valence-corrected chi connectivity index (χ4v) is 5.53. The van der Waals surface area contributed by atoms with Crippen LogP contribution in [0, 0.1) is 16.8 Å². The van der Waals surface area contributed by atoms with E-state index in [1.165, 1.54) is 24.0 Å². The summed E-state index contributed by atoms with van der Waals surface area (Å²) in [6, 6.07) is 14.7. The van der Waals surface area contributed by atoms with E-state index >= 15 is 0 Å². The summed E-state index contributed by atoms with van der Waals surface area (Å²) in [4.78, 5) is 15.8. The van der Waals surface area contributed by atoms with Crippen molar-refractivity contribution in [1.29, 1.82) is 0 Å². The van der Waals surface area contributed by atoms with Crippen molar-refractivity contribution in [2.45, 2.75) is 51.9 Å². The van der Waals surface area contributed by atoms with Crippen molar-refractivity contribution in [1.82, 2.24) is 14.0 Å². The SMILES string of the molecule is Cc1cccc2c1[c](=[V])n(C[C@H](O)CN1CCc3ccccc3C1)c(=O)n2CC1CC1. The Morgan fingerprint density at radius 1 is 1.06 bits per heavy atom. The first-order valence-electron chi connectivity index (χ1n) is 11.2. The van der Waals surface area contributed by atoms with E-state index in [0.29, 0.717) is 19.0 Å². The van der Waals surface area contributed by atoms with Crippen LogP contribution in [0.3, 0.4) is 0 Å². The molecule has 0 radical (unpaired) electrons. The van der Waals surface area contributed by atoms with E-state index in [1.54, 1.807) is 4.57 Å². The molecule has 5 nitrogen and oxygen atoms in total. The van der Waals surface area contributed by atoms with Crippen LogP contribution in [0.4, 0.5) is 0 Å². The topological polar surface area (TPSA) is 50.4 Å². The van der Waals surface area contributed by atoms with Crippen LogP contribution < -0.4 is 5.69 Å². The van der Waals surface area contributed by atoms with Crippen molar-refractivity contribution in [3.8, 4) is 0 Å². The van der Waals surface area contributed by atoms with Gasteiger partial charge in [-0.25, -0.2) is 0 Å². The molecule has 1 aliphatic heterocycles. The molecule has 0 amide bonds. The molecule has 2 aromatic carbocycles. The summed E-state index contributed by atoms with van der Waals surface area (Å²) < 4.78 is 4.60. The average molecular weight is 454 g/mol. The van der Waals surface area contributed by atoms with E-state index in [9.17, 15) is 9.90 Å². The third-order valence-electron chi connectivity index (χ3n) is 6.69. The van der Waals surface area contributed by atoms with Crippen LogP contribution in [-0.4, -0.2) is 38.3 Å². The zero-order valence-corrected chi connectivity index (χ0v) is 19.4. The van der Waals surface area contributed by atoms with Crippen molar-refractivity contribution in [3.05, 3.63) is 73.6 Å². The van der Waals surface area contributed by atoms with E-state index in [4.69, 9.17) is 0 Å². The molecule has 0 saturated heterocycles. The minimum absolute atomic E-state index is 0.0105. The van der Waals surface area contributed by atoms with Crippen LogP contribution in [0.2, 0.25) is 0 Å². The molecule has 0 bridgehead atoms. The number of fused-ring (bicyclic) bond motifs is 2. The van der Waals surface area contributed by atoms with Crippen LogP contribution in [0.5, 0.6) is 0 Å². The molecule has 1 saturated carbocycles. The maximum atomic E-state index is 13.5. The number of benzene rings is 2. The number of aromatic nitrogens is 2. The second-order valence-electron chi connectivity index (χ2n) is 9.15. The van der Waals surface area contributed by atoms with Crippen LogP contribution in [0.1, 0.15) is 29.5 Å². The summed E-state index contributed by atoms with van der Waals surface area (Å²) in [6.45, 7) is 5.55. The number of nitrogens with zero attached hydrogens (tertiary/aromatic N) is 3. The van der Waals surface area contributed by atoms with Crippen molar-refractivity contribution >= 4 is 10.9 Å². The Balaban J connectivity index is 1.43. The van der Waals surface area contributed by atoms with Gasteiger partial charge < -0.3 is 0 Å². The van der Waals surface area contributed by atoms with E-state index in [0.717, 1.165) is 46.5 Å². The number of hydrogen-bond donors (Lipinski definition) is 1. The van der Waals surface area contributed by atoms with E-state index in [2.05, 4.69) is 65.2 Å². The molecule has 0 spiro atoms. The number of β-amino-alcohol motifs (C(OH)–C–C–N with tert-alkyl or cyclic N) is 1. The van der Waals surface area contributed by atoms with Gasteiger partial charge in [0.1, 0.15) is 0 Å². The number of aryl methyl sites for hydroxylation is 1. The summed E-state index contributed by atoms with van der Waals surface area (Å²) in [6.07, 6.45) is 2.81. The molecule has 6 heteroatoms. The summed E-state index contributed by atoms with van der Waals surface area (Å²) >= 11 is 2.58. The van der Waals surface area contributed by atoms with Gasteiger partial charge in [0.15, 0.2) is 0 Å². The maximum absolute atomic E-state index is 13.5. The zero-order valence-electron chi connectivity index (χ0n) is 18.0. The Hall–Kier alpha value is -1.92. The number of aliphatic hydroxyl groups excluding tert-OH is 1. The first-order chi connectivity index (χ1) is 15.0. The quantitative estimate of drug-likeness (QED) is 0.623. The zero-order chi connectivity index (χ0) is 21.5. The summed E-state index contributed by atoms with van der Waals surface area (Å²) in [5, 5.41) is 12.1. The van der Waals surface area contributed by atoms with Crippen LogP contribution >= 0.6 is 0 Å². The number of rotatable bonds is 6. The van der Waals surface area contributed by atoms with Crippen molar-refractivity contribution < 1.29 is 22.1 Å². The van der Waals surface area contributed by atoms with Gasteiger partial charge in [-0.05, 0) is 0 Å². The first kappa shape index (κ1) is 21.0. The van der Waals surface area contributed by atoms with Gasteiger partial charge in [-0.3, -0.25) is 0 Å². The molecule has 1 aliphatic carbocycles. The summed E-state index contributed by atoms with van der Waals surface area (Å²) in [7, 11) is 0.